The first kappa shape index (κ1) is 68.1. The van der Waals surface area contributed by atoms with Crippen molar-refractivity contribution in [3.63, 3.8) is 0 Å². The zero-order chi connectivity index (χ0) is 48.6. The van der Waals surface area contributed by atoms with Crippen molar-refractivity contribution in [3.05, 3.63) is 0 Å². The molecule has 1 rings (SSSR count). The minimum absolute atomic E-state index is 0. The number of aliphatic carboxylic acids is 2. The van der Waals surface area contributed by atoms with Crippen molar-refractivity contribution in [1.82, 2.24) is 15.1 Å². The summed E-state index contributed by atoms with van der Waals surface area (Å²) in [4.78, 5) is 79.6. The second kappa shape index (κ2) is 30.4. The average Bonchev–Trinajstić information content (AvgIpc) is 3.62. The van der Waals surface area contributed by atoms with Gasteiger partial charge in [0.15, 0.2) is 0 Å². The number of carbonyl (C=O) groups excluding carboxylic acids is 5. The Morgan fingerprint density at radius 3 is 1.27 bits per heavy atom. The zero-order valence-corrected chi connectivity index (χ0v) is 40.3. The number of halogens is 1. The van der Waals surface area contributed by atoms with E-state index in [-0.39, 0.29) is 28.7 Å². The standard InChI is InChI=1S/C11H21NO4.C10H19NO3.C9H17NO4.C4H9NO2.C4H8O.CH3F.B.Li.H/c1-10(2,3)16-9(14)12(6)11(4,5)8(13)15-7;1-9(2,3)14-8(13)11(6)10(4,5)7-12;1-8(2,3)14-7(13)10-9(4,5)6(11)12;1-4(2,5)3(6)7;1-2-4-5-3-1;1-2;;;/h1-7H3;7H,1-6H3;1-5H3,(H,10,13)(H,11,12);5H2,1-2H3,(H,6,7);1-4H2;1H3;;;/q;;;;;;;+1;-1/i;;;;;1D;;;. The number of carboxylic acid groups (broad SMARTS) is 2. The number of carboxylic acids is 2. The van der Waals surface area contributed by atoms with E-state index in [1.807, 2.05) is 0 Å². The summed E-state index contributed by atoms with van der Waals surface area (Å²) in [6, 6.07) is 0. The predicted molar refractivity (Wildman–Crippen MR) is 225 cm³/mol. The molecule has 1 heterocycles. The molecule has 1 aliphatic rings. The van der Waals surface area contributed by atoms with Gasteiger partial charge < -0.3 is 51.2 Å². The third-order valence-corrected chi connectivity index (χ3v) is 6.74. The van der Waals surface area contributed by atoms with Crippen molar-refractivity contribution >= 4 is 50.9 Å². The van der Waals surface area contributed by atoms with Crippen LogP contribution in [0, 0.1) is 0 Å². The van der Waals surface area contributed by atoms with E-state index in [1.165, 1.54) is 64.5 Å². The Bertz CT molecular complexity index is 1310. The molecule has 1 fully saturated rings. The van der Waals surface area contributed by atoms with E-state index < -0.39 is 82.3 Å². The molecule has 0 aromatic rings. The van der Waals surface area contributed by atoms with Gasteiger partial charge in [-0.05, 0) is 131 Å². The summed E-state index contributed by atoms with van der Waals surface area (Å²) in [6.07, 6.45) is 1.50. The molecule has 0 aromatic heterocycles. The number of esters is 1. The summed E-state index contributed by atoms with van der Waals surface area (Å²) in [6.45, 7) is 30.0. The van der Waals surface area contributed by atoms with Crippen LogP contribution in [0.25, 0.3) is 0 Å². The quantitative estimate of drug-likeness (QED) is 0.124. The van der Waals surface area contributed by atoms with Crippen LogP contribution in [0.3, 0.4) is 0 Å². The van der Waals surface area contributed by atoms with Crippen LogP contribution in [0.1, 0.15) is 133 Å². The second-order valence-corrected chi connectivity index (χ2v) is 17.8. The number of methoxy groups -OCH3 is 1. The molecule has 18 nitrogen and oxygen atoms in total. The Balaban J connectivity index is -0.0000000989. The maximum Gasteiger partial charge on any atom is 1.00 e. The number of hydrogen-bond acceptors (Lipinski definition) is 13. The molecular weight excluding hydrogens is 785 g/mol. The molecule has 1 saturated heterocycles. The summed E-state index contributed by atoms with van der Waals surface area (Å²) >= 11 is 0. The Morgan fingerprint density at radius 1 is 0.733 bits per heavy atom. The van der Waals surface area contributed by atoms with Gasteiger partial charge in [0.05, 0.1) is 21.2 Å². The number of nitrogens with one attached hydrogen (secondary N) is 1. The van der Waals surface area contributed by atoms with Gasteiger partial charge in [-0.25, -0.2) is 24.0 Å². The normalized spacial score (nSPS) is 12.5. The number of amides is 3. The van der Waals surface area contributed by atoms with Crippen molar-refractivity contribution in [2.45, 2.75) is 170 Å². The molecule has 0 saturated carbocycles. The number of likely N-dealkylation sites (N-methyl/N-ethyl adjacent to an activating group) is 2. The fourth-order valence-electron chi connectivity index (χ4n) is 2.71. The van der Waals surface area contributed by atoms with Gasteiger partial charge in [-0.1, -0.05) is 0 Å². The van der Waals surface area contributed by atoms with Gasteiger partial charge in [0.1, 0.15) is 39.7 Å². The molecule has 0 aromatic carbocycles. The van der Waals surface area contributed by atoms with Crippen LogP contribution in [0.4, 0.5) is 18.8 Å². The van der Waals surface area contributed by atoms with E-state index in [4.69, 9.17) is 36.3 Å². The first-order valence-electron chi connectivity index (χ1n) is 18.9. The minimum atomic E-state index is -1.32. The molecule has 21 heteroatoms. The number of nitrogens with two attached hydrogens (primary N) is 1. The van der Waals surface area contributed by atoms with Crippen molar-refractivity contribution < 1.29 is 93.5 Å². The number of nitrogens with zero attached hydrogens (tertiary/aromatic N) is 2. The number of ether oxygens (including phenoxy) is 5. The Kier molecular flexibility index (Phi) is 34.6. The van der Waals surface area contributed by atoms with Crippen molar-refractivity contribution in [2.24, 2.45) is 5.73 Å². The average molecular weight is 865 g/mol. The monoisotopic (exact) mass is 865 g/mol. The van der Waals surface area contributed by atoms with Crippen LogP contribution in [0.15, 0.2) is 0 Å². The Morgan fingerprint density at radius 2 is 1.05 bits per heavy atom. The van der Waals surface area contributed by atoms with Crippen molar-refractivity contribution in [3.8, 4) is 0 Å². The molecule has 349 valence electrons. The fraction of sp³-hybridized carbons (Fsp3) is 0.821. The van der Waals surface area contributed by atoms with Crippen molar-refractivity contribution in [2.75, 3.05) is 41.6 Å². The maximum absolute atomic E-state index is 11.7. The molecule has 0 bridgehead atoms. The summed E-state index contributed by atoms with van der Waals surface area (Å²) in [7, 11) is 3.33. The van der Waals surface area contributed by atoms with Crippen LogP contribution in [0.2, 0.25) is 0 Å². The first-order chi connectivity index (χ1) is 26.0. The molecule has 1 aliphatic heterocycles. The van der Waals surface area contributed by atoms with Crippen LogP contribution < -0.4 is 29.9 Å². The minimum Gasteiger partial charge on any atom is -1.00 e. The van der Waals surface area contributed by atoms with E-state index in [2.05, 4.69) is 10.1 Å². The Hall–Kier alpha value is -3.60. The largest absolute Gasteiger partial charge is 1.00 e. The van der Waals surface area contributed by atoms with E-state index >= 15 is 0 Å². The van der Waals surface area contributed by atoms with Gasteiger partial charge in [0.2, 0.25) is 0 Å². The van der Waals surface area contributed by atoms with Crippen LogP contribution in [0.5, 0.6) is 0 Å². The number of rotatable bonds is 7. The number of hydrogen-bond donors (Lipinski definition) is 4. The van der Waals surface area contributed by atoms with Gasteiger partial charge >= 0.3 is 55.0 Å². The van der Waals surface area contributed by atoms with Crippen LogP contribution in [-0.4, -0.2) is 151 Å². The summed E-state index contributed by atoms with van der Waals surface area (Å²) < 4.78 is 40.3. The van der Waals surface area contributed by atoms with Gasteiger partial charge in [0.25, 0.3) is 0 Å². The SMILES string of the molecule is C1CCOC1.CC(C)(C)OC(=O)NC(C)(C)C(=O)O.CC(C)(N)C(=O)O.CN(C(=O)OC(C)(C)C)C(C)(C)C=O.COC(=O)C(C)(C)N(C)C(=O)OC(C)(C)C.[2H]CF.[B].[H-].[Li+]. The van der Waals surface area contributed by atoms with E-state index in [9.17, 15) is 38.0 Å². The van der Waals surface area contributed by atoms with Gasteiger partial charge in [-0.2, -0.15) is 0 Å². The van der Waals surface area contributed by atoms with E-state index in [0.717, 1.165) is 19.5 Å². The molecule has 5 N–H and O–H groups in total. The number of carbonyl (C=O) groups is 7. The fourth-order valence-corrected chi connectivity index (χ4v) is 2.71. The summed E-state index contributed by atoms with van der Waals surface area (Å²) in [5.41, 5.74) is -0.947. The molecule has 3 radical (unpaired) electrons. The number of alkyl carbamates (subject to hydrolysis) is 1. The molecule has 60 heavy (non-hydrogen) atoms. The number of alkyl halides is 1. The molecule has 0 aliphatic carbocycles. The van der Waals surface area contributed by atoms with Gasteiger partial charge in [0, 0.05) is 35.7 Å². The molecule has 0 unspecified atom stereocenters. The molecule has 0 atom stereocenters. The molecule has 3 amide bonds. The molecular formula is C39H78BFLiN4O14. The second-order valence-electron chi connectivity index (χ2n) is 17.8. The first-order valence-corrected chi connectivity index (χ1v) is 18.2. The maximum atomic E-state index is 11.7. The third kappa shape index (κ3) is 37.4. The third-order valence-electron chi connectivity index (χ3n) is 6.74. The predicted octanol–water partition coefficient (Wildman–Crippen LogP) is 2.94. The van der Waals surface area contributed by atoms with Crippen LogP contribution in [-0.2, 0) is 42.9 Å². The topological polar surface area (TPSA) is 251 Å². The van der Waals surface area contributed by atoms with Crippen molar-refractivity contribution in [1.29, 1.82) is 0 Å². The summed E-state index contributed by atoms with van der Waals surface area (Å²) in [5, 5.41) is 19.1. The zero-order valence-electron chi connectivity index (χ0n) is 42.3. The van der Waals surface area contributed by atoms with E-state index in [0.29, 0.717) is 0 Å². The summed E-state index contributed by atoms with van der Waals surface area (Å²) in [5.74, 6) is -2.57. The van der Waals surface area contributed by atoms with Gasteiger partial charge in [-0.3, -0.25) is 19.0 Å². The molecule has 0 spiro atoms. The smallest absolute Gasteiger partial charge is 1.00 e. The number of aldehydes is 1. The van der Waals surface area contributed by atoms with Gasteiger partial charge in [-0.15, -0.1) is 0 Å². The van der Waals surface area contributed by atoms with Crippen LogP contribution >= 0.6 is 0 Å². The Labute approximate surface area is 375 Å². The van der Waals surface area contributed by atoms with E-state index in [1.54, 1.807) is 97.1 Å².